The van der Waals surface area contributed by atoms with Crippen molar-refractivity contribution in [2.24, 2.45) is 5.73 Å². The van der Waals surface area contributed by atoms with Crippen molar-refractivity contribution in [1.29, 1.82) is 0 Å². The normalized spacial score (nSPS) is 17.4. The van der Waals surface area contributed by atoms with Gasteiger partial charge in [-0.15, -0.1) is 10.2 Å². The minimum atomic E-state index is -0.327. The molecule has 0 bridgehead atoms. The second-order valence-electron chi connectivity index (χ2n) is 3.90. The molecule has 1 aromatic heterocycles. The zero-order valence-electron chi connectivity index (χ0n) is 9.63. The van der Waals surface area contributed by atoms with Crippen molar-refractivity contribution in [3.63, 3.8) is 0 Å². The summed E-state index contributed by atoms with van der Waals surface area (Å²) < 4.78 is 0.803. The van der Waals surface area contributed by atoms with Crippen LogP contribution in [0.25, 0.3) is 0 Å². The summed E-state index contributed by atoms with van der Waals surface area (Å²) in [4.78, 5) is 15.2. The van der Waals surface area contributed by atoms with Crippen LogP contribution in [0.1, 0.15) is 0 Å². The van der Waals surface area contributed by atoms with Crippen LogP contribution in [0.4, 0.5) is 5.13 Å². The van der Waals surface area contributed by atoms with Crippen LogP contribution in [0.3, 0.4) is 0 Å². The van der Waals surface area contributed by atoms with Crippen molar-refractivity contribution >= 4 is 34.1 Å². The molecule has 0 aliphatic carbocycles. The van der Waals surface area contributed by atoms with Gasteiger partial charge in [0, 0.05) is 26.2 Å². The van der Waals surface area contributed by atoms with Crippen LogP contribution in [0.15, 0.2) is 4.34 Å². The fourth-order valence-electron chi connectivity index (χ4n) is 1.52. The minimum Gasteiger partial charge on any atom is -0.369 e. The van der Waals surface area contributed by atoms with Gasteiger partial charge in [-0.05, 0) is 7.05 Å². The first kappa shape index (κ1) is 12.6. The maximum atomic E-state index is 10.7. The molecular formula is C9H15N5OS2. The molecule has 0 unspecified atom stereocenters. The Morgan fingerprint density at radius 3 is 2.76 bits per heavy atom. The monoisotopic (exact) mass is 273 g/mol. The number of hydrogen-bond acceptors (Lipinski definition) is 7. The summed E-state index contributed by atoms with van der Waals surface area (Å²) in [7, 11) is 2.12. The fraction of sp³-hybridized carbons (Fsp3) is 0.667. The van der Waals surface area contributed by atoms with E-state index in [-0.39, 0.29) is 11.7 Å². The van der Waals surface area contributed by atoms with E-state index in [0.29, 0.717) is 0 Å². The molecule has 0 radical (unpaired) electrons. The Labute approximate surface area is 108 Å². The standard InChI is InChI=1S/C9H15N5OS2/c1-13-2-4-14(5-3-13)8-11-12-9(17-8)16-6-7(10)15/h2-6H2,1H3,(H2,10,15). The third-order valence-electron chi connectivity index (χ3n) is 2.51. The van der Waals surface area contributed by atoms with Crippen LogP contribution in [0.5, 0.6) is 0 Å². The third kappa shape index (κ3) is 3.55. The zero-order valence-corrected chi connectivity index (χ0v) is 11.3. The number of carbonyl (C=O) groups is 1. The molecule has 1 amide bonds. The van der Waals surface area contributed by atoms with Crippen molar-refractivity contribution in [3.8, 4) is 0 Å². The summed E-state index contributed by atoms with van der Waals surface area (Å²) in [5.41, 5.74) is 5.09. The van der Waals surface area contributed by atoms with E-state index in [1.165, 1.54) is 23.1 Å². The van der Waals surface area contributed by atoms with Gasteiger partial charge < -0.3 is 15.5 Å². The summed E-state index contributed by atoms with van der Waals surface area (Å²) in [6.45, 7) is 4.05. The number of hydrogen-bond donors (Lipinski definition) is 1. The van der Waals surface area contributed by atoms with Crippen molar-refractivity contribution in [2.75, 3.05) is 43.9 Å². The van der Waals surface area contributed by atoms with Crippen LogP contribution in [-0.4, -0.2) is 60.0 Å². The molecular weight excluding hydrogens is 258 g/mol. The number of likely N-dealkylation sites (N-methyl/N-ethyl adjacent to an activating group) is 1. The number of amides is 1. The Kier molecular flexibility index (Phi) is 4.19. The van der Waals surface area contributed by atoms with E-state index in [2.05, 4.69) is 27.0 Å². The van der Waals surface area contributed by atoms with Crippen LogP contribution in [0.2, 0.25) is 0 Å². The number of carbonyl (C=O) groups excluding carboxylic acids is 1. The average molecular weight is 273 g/mol. The summed E-state index contributed by atoms with van der Waals surface area (Å²) >= 11 is 2.87. The number of rotatable bonds is 4. The Hall–Kier alpha value is -0.860. The minimum absolute atomic E-state index is 0.261. The molecule has 1 fully saturated rings. The van der Waals surface area contributed by atoms with Gasteiger partial charge in [0.1, 0.15) is 0 Å². The fourth-order valence-corrected chi connectivity index (χ4v) is 3.15. The maximum Gasteiger partial charge on any atom is 0.227 e. The number of anilines is 1. The van der Waals surface area contributed by atoms with Gasteiger partial charge in [-0.2, -0.15) is 0 Å². The van der Waals surface area contributed by atoms with E-state index in [0.717, 1.165) is 35.7 Å². The number of piperazine rings is 1. The topological polar surface area (TPSA) is 75.3 Å². The van der Waals surface area contributed by atoms with Crippen LogP contribution in [-0.2, 0) is 4.79 Å². The highest BCUT2D eigenvalue weighted by Gasteiger charge is 2.18. The molecule has 2 rings (SSSR count). The van der Waals surface area contributed by atoms with Gasteiger partial charge in [-0.25, -0.2) is 0 Å². The highest BCUT2D eigenvalue weighted by Crippen LogP contribution is 2.28. The Morgan fingerprint density at radius 2 is 2.12 bits per heavy atom. The SMILES string of the molecule is CN1CCN(c2nnc(SCC(N)=O)s2)CC1. The highest BCUT2D eigenvalue weighted by molar-refractivity contribution is 8.01. The zero-order chi connectivity index (χ0) is 12.3. The lowest BCUT2D eigenvalue weighted by Crippen LogP contribution is -2.44. The van der Waals surface area contributed by atoms with Gasteiger partial charge in [-0.3, -0.25) is 4.79 Å². The third-order valence-corrected chi connectivity index (χ3v) is 4.65. The second-order valence-corrected chi connectivity index (χ2v) is 6.07. The molecule has 8 heteroatoms. The van der Waals surface area contributed by atoms with Gasteiger partial charge in [0.15, 0.2) is 4.34 Å². The predicted molar refractivity (Wildman–Crippen MR) is 69.5 cm³/mol. The van der Waals surface area contributed by atoms with E-state index < -0.39 is 0 Å². The molecule has 0 spiro atoms. The number of thioether (sulfide) groups is 1. The summed E-state index contributed by atoms with van der Waals surface area (Å²) in [5, 5.41) is 9.13. The van der Waals surface area contributed by atoms with Crippen molar-refractivity contribution < 1.29 is 4.79 Å². The van der Waals surface area contributed by atoms with Crippen molar-refractivity contribution in [1.82, 2.24) is 15.1 Å². The second kappa shape index (κ2) is 5.65. The summed E-state index contributed by atoms with van der Waals surface area (Å²) in [6.07, 6.45) is 0. The van der Waals surface area contributed by atoms with E-state index in [4.69, 9.17) is 5.73 Å². The molecule has 2 N–H and O–H groups in total. The molecule has 0 saturated carbocycles. The van der Waals surface area contributed by atoms with E-state index in [9.17, 15) is 4.79 Å². The van der Waals surface area contributed by atoms with Crippen LogP contribution < -0.4 is 10.6 Å². The Balaban J connectivity index is 1.91. The predicted octanol–water partition coefficient (Wildman–Crippen LogP) is -0.133. The largest absolute Gasteiger partial charge is 0.369 e. The first-order valence-corrected chi connectivity index (χ1v) is 7.13. The molecule has 2 heterocycles. The molecule has 1 aliphatic rings. The molecule has 0 aromatic carbocycles. The molecule has 17 heavy (non-hydrogen) atoms. The molecule has 94 valence electrons. The van der Waals surface area contributed by atoms with Gasteiger partial charge in [0.05, 0.1) is 5.75 Å². The summed E-state index contributed by atoms with van der Waals surface area (Å²) in [5.74, 6) is -0.0662. The quantitative estimate of drug-likeness (QED) is 0.770. The average Bonchev–Trinajstić information content (AvgIpc) is 2.76. The van der Waals surface area contributed by atoms with Crippen molar-refractivity contribution in [3.05, 3.63) is 0 Å². The van der Waals surface area contributed by atoms with Gasteiger partial charge in [0.25, 0.3) is 0 Å². The first-order chi connectivity index (χ1) is 8.15. The van der Waals surface area contributed by atoms with E-state index in [1.54, 1.807) is 0 Å². The molecule has 1 aromatic rings. The number of nitrogens with zero attached hydrogens (tertiary/aromatic N) is 4. The lowest BCUT2D eigenvalue weighted by atomic mass is 10.3. The Bertz CT molecular complexity index is 388. The maximum absolute atomic E-state index is 10.7. The lowest BCUT2D eigenvalue weighted by Gasteiger charge is -2.31. The van der Waals surface area contributed by atoms with Gasteiger partial charge in [0.2, 0.25) is 11.0 Å². The molecule has 0 atom stereocenters. The highest BCUT2D eigenvalue weighted by atomic mass is 32.2. The van der Waals surface area contributed by atoms with Gasteiger partial charge in [-0.1, -0.05) is 23.1 Å². The smallest absolute Gasteiger partial charge is 0.227 e. The van der Waals surface area contributed by atoms with Crippen LogP contribution >= 0.6 is 23.1 Å². The van der Waals surface area contributed by atoms with E-state index >= 15 is 0 Å². The van der Waals surface area contributed by atoms with Crippen LogP contribution in [0, 0.1) is 0 Å². The molecule has 1 aliphatic heterocycles. The van der Waals surface area contributed by atoms with E-state index in [1.807, 2.05) is 0 Å². The number of aromatic nitrogens is 2. The molecule has 1 saturated heterocycles. The number of nitrogens with two attached hydrogens (primary N) is 1. The summed E-state index contributed by atoms with van der Waals surface area (Å²) in [6, 6.07) is 0. The van der Waals surface area contributed by atoms with Crippen molar-refractivity contribution in [2.45, 2.75) is 4.34 Å². The number of primary amides is 1. The lowest BCUT2D eigenvalue weighted by molar-refractivity contribution is -0.115. The first-order valence-electron chi connectivity index (χ1n) is 5.33. The van der Waals surface area contributed by atoms with Gasteiger partial charge >= 0.3 is 0 Å². The molecule has 6 nitrogen and oxygen atoms in total. The Morgan fingerprint density at radius 1 is 1.41 bits per heavy atom.